The van der Waals surface area contributed by atoms with Crippen LogP contribution in [0.15, 0.2) is 35.3 Å². The molecule has 2 N–H and O–H groups in total. The number of ether oxygens (including phenoxy) is 1. The fraction of sp³-hybridized carbons (Fsp3) is 0.444. The van der Waals surface area contributed by atoms with E-state index in [-0.39, 0.29) is 11.9 Å². The van der Waals surface area contributed by atoms with Crippen LogP contribution in [0.1, 0.15) is 18.5 Å². The zero-order valence-corrected chi connectivity index (χ0v) is 14.2. The summed E-state index contributed by atoms with van der Waals surface area (Å²) < 4.78 is 4.84. The summed E-state index contributed by atoms with van der Waals surface area (Å²) in [6.45, 7) is 2.32. The molecule has 0 unspecified atom stereocenters. The number of nitrogens with zero attached hydrogens (tertiary/aromatic N) is 2. The maximum Gasteiger partial charge on any atom is 0.308 e. The number of carbonyl (C=O) groups excluding carboxylic acids is 1. The molecule has 1 aliphatic heterocycles. The van der Waals surface area contributed by atoms with Gasteiger partial charge in [-0.2, -0.15) is 0 Å². The normalized spacial score (nSPS) is 16.4. The van der Waals surface area contributed by atoms with Crippen molar-refractivity contribution in [3.8, 4) is 0 Å². The van der Waals surface area contributed by atoms with Crippen molar-refractivity contribution in [2.45, 2.75) is 19.4 Å². The van der Waals surface area contributed by atoms with Crippen molar-refractivity contribution in [3.05, 3.63) is 36.0 Å². The second kappa shape index (κ2) is 7.38. The number of hydrogen-bond acceptors (Lipinski definition) is 3. The molecule has 0 saturated carbocycles. The van der Waals surface area contributed by atoms with Gasteiger partial charge in [-0.25, -0.2) is 0 Å². The molecule has 0 radical (unpaired) electrons. The molecule has 1 saturated heterocycles. The van der Waals surface area contributed by atoms with Gasteiger partial charge in [0, 0.05) is 31.3 Å². The average Bonchev–Trinajstić information content (AvgIpc) is 3.05. The number of H-pyrrole nitrogens is 1. The van der Waals surface area contributed by atoms with Crippen molar-refractivity contribution in [2.24, 2.45) is 10.9 Å². The number of likely N-dealkylation sites (tertiary alicyclic amines) is 1. The summed E-state index contributed by atoms with van der Waals surface area (Å²) in [4.78, 5) is 21.6. The Morgan fingerprint density at radius 1 is 1.38 bits per heavy atom. The number of aromatic amines is 1. The van der Waals surface area contributed by atoms with Gasteiger partial charge in [0.05, 0.1) is 19.6 Å². The summed E-state index contributed by atoms with van der Waals surface area (Å²) in [7, 11) is 3.25. The summed E-state index contributed by atoms with van der Waals surface area (Å²) in [5.41, 5.74) is 2.27. The smallest absolute Gasteiger partial charge is 0.308 e. The number of rotatable bonds is 3. The van der Waals surface area contributed by atoms with E-state index >= 15 is 0 Å². The minimum absolute atomic E-state index is 0.0121. The van der Waals surface area contributed by atoms with Gasteiger partial charge in [0.2, 0.25) is 0 Å². The Hall–Kier alpha value is -2.50. The molecule has 1 aromatic carbocycles. The number of guanidine groups is 1. The number of fused-ring (bicyclic) bond motifs is 1. The number of methoxy groups -OCH3 is 1. The van der Waals surface area contributed by atoms with Crippen molar-refractivity contribution in [3.63, 3.8) is 0 Å². The fourth-order valence-electron chi connectivity index (χ4n) is 3.23. The van der Waals surface area contributed by atoms with E-state index in [1.807, 2.05) is 12.1 Å². The van der Waals surface area contributed by atoms with Crippen LogP contribution in [0.5, 0.6) is 0 Å². The highest BCUT2D eigenvalue weighted by Crippen LogP contribution is 2.19. The average molecular weight is 328 g/mol. The van der Waals surface area contributed by atoms with Crippen LogP contribution in [0.2, 0.25) is 0 Å². The lowest BCUT2D eigenvalue weighted by Crippen LogP contribution is -2.46. The summed E-state index contributed by atoms with van der Waals surface area (Å²) in [6, 6.07) is 10.4. The summed E-state index contributed by atoms with van der Waals surface area (Å²) in [6.07, 6.45) is 1.61. The van der Waals surface area contributed by atoms with Crippen LogP contribution >= 0.6 is 0 Å². The van der Waals surface area contributed by atoms with E-state index in [9.17, 15) is 4.79 Å². The third-order valence-electron chi connectivity index (χ3n) is 4.56. The van der Waals surface area contributed by atoms with Crippen molar-refractivity contribution in [2.75, 3.05) is 27.2 Å². The van der Waals surface area contributed by atoms with Gasteiger partial charge in [-0.15, -0.1) is 0 Å². The Bertz CT molecular complexity index is 696. The molecule has 0 spiro atoms. The fourth-order valence-corrected chi connectivity index (χ4v) is 3.23. The lowest BCUT2D eigenvalue weighted by Gasteiger charge is -2.33. The standard InChI is InChI=1S/C18H24N4O2/c1-19-18(22-9-7-13(8-10-22)17(23)24-2)20-12-15-11-14-5-3-4-6-16(14)21-15/h3-6,11,13,21H,7-10,12H2,1-2H3,(H,19,20). The predicted molar refractivity (Wildman–Crippen MR) is 94.8 cm³/mol. The van der Waals surface area contributed by atoms with Crippen LogP contribution in [0, 0.1) is 5.92 Å². The molecule has 0 aliphatic carbocycles. The van der Waals surface area contributed by atoms with E-state index in [0.717, 1.165) is 43.1 Å². The molecule has 6 heteroatoms. The van der Waals surface area contributed by atoms with Gasteiger partial charge in [0.15, 0.2) is 5.96 Å². The lowest BCUT2D eigenvalue weighted by molar-refractivity contribution is -0.146. The molecule has 2 heterocycles. The number of nitrogens with one attached hydrogen (secondary N) is 2. The van der Waals surface area contributed by atoms with Crippen LogP contribution in [0.4, 0.5) is 0 Å². The molecule has 0 amide bonds. The number of para-hydroxylation sites is 1. The van der Waals surface area contributed by atoms with Crippen LogP contribution < -0.4 is 5.32 Å². The first-order valence-electron chi connectivity index (χ1n) is 8.31. The number of benzene rings is 1. The second-order valence-electron chi connectivity index (χ2n) is 6.07. The molecule has 0 atom stereocenters. The maximum atomic E-state index is 11.6. The number of aromatic nitrogens is 1. The van der Waals surface area contributed by atoms with E-state index < -0.39 is 0 Å². The first kappa shape index (κ1) is 16.4. The highest BCUT2D eigenvalue weighted by molar-refractivity contribution is 5.82. The van der Waals surface area contributed by atoms with Crippen LogP contribution in [-0.4, -0.2) is 49.1 Å². The topological polar surface area (TPSA) is 69.7 Å². The number of hydrogen-bond donors (Lipinski definition) is 2. The minimum atomic E-state index is -0.101. The number of esters is 1. The van der Waals surface area contributed by atoms with E-state index in [4.69, 9.17) is 4.74 Å². The Labute approximate surface area is 141 Å². The van der Waals surface area contributed by atoms with Crippen molar-refractivity contribution in [1.82, 2.24) is 15.2 Å². The molecule has 2 aromatic rings. The van der Waals surface area contributed by atoms with Gasteiger partial charge in [0.1, 0.15) is 0 Å². The second-order valence-corrected chi connectivity index (χ2v) is 6.07. The van der Waals surface area contributed by atoms with E-state index in [2.05, 4.69) is 38.4 Å². The minimum Gasteiger partial charge on any atom is -0.469 e. The van der Waals surface area contributed by atoms with Crippen LogP contribution in [0.3, 0.4) is 0 Å². The third-order valence-corrected chi connectivity index (χ3v) is 4.56. The van der Waals surface area contributed by atoms with Gasteiger partial charge in [-0.1, -0.05) is 18.2 Å². The lowest BCUT2D eigenvalue weighted by atomic mass is 9.97. The first-order chi connectivity index (χ1) is 11.7. The molecule has 24 heavy (non-hydrogen) atoms. The van der Waals surface area contributed by atoms with Crippen molar-refractivity contribution < 1.29 is 9.53 Å². The van der Waals surface area contributed by atoms with E-state index in [1.54, 1.807) is 7.05 Å². The molecule has 1 aliphatic rings. The molecule has 1 aromatic heterocycles. The Kier molecular flexibility index (Phi) is 5.03. The van der Waals surface area contributed by atoms with Gasteiger partial charge >= 0.3 is 5.97 Å². The highest BCUT2D eigenvalue weighted by atomic mass is 16.5. The molecule has 0 bridgehead atoms. The molecular weight excluding hydrogens is 304 g/mol. The van der Waals surface area contributed by atoms with Crippen LogP contribution in [-0.2, 0) is 16.1 Å². The predicted octanol–water partition coefficient (Wildman–Crippen LogP) is 2.13. The summed E-state index contributed by atoms with van der Waals surface area (Å²) >= 11 is 0. The van der Waals surface area contributed by atoms with Gasteiger partial charge in [-0.3, -0.25) is 9.79 Å². The zero-order chi connectivity index (χ0) is 16.9. The van der Waals surface area contributed by atoms with Gasteiger partial charge < -0.3 is 19.9 Å². The van der Waals surface area contributed by atoms with Crippen molar-refractivity contribution in [1.29, 1.82) is 0 Å². The molecule has 128 valence electrons. The molecule has 3 rings (SSSR count). The molecular formula is C18H24N4O2. The zero-order valence-electron chi connectivity index (χ0n) is 14.2. The highest BCUT2D eigenvalue weighted by Gasteiger charge is 2.26. The Morgan fingerprint density at radius 3 is 2.79 bits per heavy atom. The maximum absolute atomic E-state index is 11.6. The summed E-state index contributed by atoms with van der Waals surface area (Å²) in [5, 5.41) is 4.61. The largest absolute Gasteiger partial charge is 0.469 e. The third kappa shape index (κ3) is 3.53. The van der Waals surface area contributed by atoms with Gasteiger partial charge in [0.25, 0.3) is 0 Å². The Morgan fingerprint density at radius 2 is 2.12 bits per heavy atom. The number of piperidine rings is 1. The quantitative estimate of drug-likeness (QED) is 0.514. The van der Waals surface area contributed by atoms with E-state index in [1.165, 1.54) is 12.5 Å². The van der Waals surface area contributed by atoms with Crippen LogP contribution in [0.25, 0.3) is 10.9 Å². The number of carbonyl (C=O) groups is 1. The Balaban J connectivity index is 1.56. The SMILES string of the molecule is CN=C(NCc1cc2ccccc2[nH]1)N1CCC(C(=O)OC)CC1. The number of aliphatic imine (C=N–C) groups is 1. The summed E-state index contributed by atoms with van der Waals surface area (Å²) in [5.74, 6) is 0.783. The van der Waals surface area contributed by atoms with E-state index in [0.29, 0.717) is 6.54 Å². The van der Waals surface area contributed by atoms with Crippen molar-refractivity contribution >= 4 is 22.8 Å². The molecule has 1 fully saturated rings. The van der Waals surface area contributed by atoms with Gasteiger partial charge in [-0.05, 0) is 30.4 Å². The first-order valence-corrected chi connectivity index (χ1v) is 8.31. The molecule has 6 nitrogen and oxygen atoms in total. The monoisotopic (exact) mass is 328 g/mol.